The van der Waals surface area contributed by atoms with E-state index in [-0.39, 0.29) is 11.3 Å². The Balaban J connectivity index is 2.93. The van der Waals surface area contributed by atoms with Crippen molar-refractivity contribution in [1.82, 2.24) is 0 Å². The number of nitrogens with zero attached hydrogens (tertiary/aromatic N) is 1. The maximum atomic E-state index is 12.7. The van der Waals surface area contributed by atoms with E-state index in [0.717, 1.165) is 6.07 Å². The number of hydrogen-bond donors (Lipinski definition) is 1. The third kappa shape index (κ3) is 1.91. The zero-order valence-corrected chi connectivity index (χ0v) is 6.03. The Morgan fingerprint density at radius 2 is 2.25 bits per heavy atom. The molecule has 0 saturated heterocycles. The van der Waals surface area contributed by atoms with Crippen LogP contribution in [0.25, 0.3) is 0 Å². The molecule has 1 aromatic rings. The van der Waals surface area contributed by atoms with E-state index < -0.39 is 17.3 Å². The van der Waals surface area contributed by atoms with Crippen molar-refractivity contribution in [3.63, 3.8) is 0 Å². The topological polar surface area (TPSA) is 63.4 Å². The summed E-state index contributed by atoms with van der Waals surface area (Å²) in [5.41, 5.74) is -0.0298. The predicted molar refractivity (Wildman–Crippen MR) is 38.8 cm³/mol. The van der Waals surface area contributed by atoms with Crippen LogP contribution in [0.2, 0.25) is 0 Å². The number of rotatable bonds is 2. The molecule has 64 valence electrons. The Bertz CT molecular complexity index is 314. The molecule has 0 spiro atoms. The number of phenols is 1. The number of halogens is 1. The standard InChI is InChI=1S/C7H6FNO3/c8-7-3-6(10)2-1-5(7)4-9(11)12/h1-3,10H,4H2. The molecule has 0 unspecified atom stereocenters. The van der Waals surface area contributed by atoms with E-state index in [1.165, 1.54) is 12.1 Å². The summed E-state index contributed by atoms with van der Waals surface area (Å²) >= 11 is 0. The molecule has 0 aliphatic carbocycles. The fourth-order valence-electron chi connectivity index (χ4n) is 0.804. The van der Waals surface area contributed by atoms with Gasteiger partial charge in [0.05, 0.1) is 5.56 Å². The van der Waals surface area contributed by atoms with Crippen molar-refractivity contribution in [3.05, 3.63) is 39.7 Å². The Labute approximate surface area is 67.4 Å². The van der Waals surface area contributed by atoms with Gasteiger partial charge in [-0.25, -0.2) is 4.39 Å². The predicted octanol–water partition coefficient (Wildman–Crippen LogP) is 1.31. The summed E-state index contributed by atoms with van der Waals surface area (Å²) in [6.45, 7) is -0.563. The zero-order chi connectivity index (χ0) is 9.14. The minimum atomic E-state index is -0.758. The van der Waals surface area contributed by atoms with Gasteiger partial charge < -0.3 is 5.11 Å². The monoisotopic (exact) mass is 171 g/mol. The Hall–Kier alpha value is -1.65. The van der Waals surface area contributed by atoms with Gasteiger partial charge in [-0.05, 0) is 12.1 Å². The minimum absolute atomic E-state index is 0.0298. The summed E-state index contributed by atoms with van der Waals surface area (Å²) in [4.78, 5) is 9.35. The van der Waals surface area contributed by atoms with Crippen LogP contribution in [0.4, 0.5) is 4.39 Å². The van der Waals surface area contributed by atoms with Crippen LogP contribution in [0.1, 0.15) is 5.56 Å². The van der Waals surface area contributed by atoms with E-state index in [1.54, 1.807) is 0 Å². The van der Waals surface area contributed by atoms with Crippen LogP contribution in [0, 0.1) is 15.9 Å². The maximum Gasteiger partial charge on any atom is 0.231 e. The highest BCUT2D eigenvalue weighted by molar-refractivity contribution is 5.27. The largest absolute Gasteiger partial charge is 0.508 e. The molecule has 0 heterocycles. The highest BCUT2D eigenvalue weighted by Crippen LogP contribution is 2.15. The van der Waals surface area contributed by atoms with E-state index in [4.69, 9.17) is 5.11 Å². The van der Waals surface area contributed by atoms with Crippen LogP contribution < -0.4 is 0 Å². The van der Waals surface area contributed by atoms with E-state index in [1.807, 2.05) is 0 Å². The van der Waals surface area contributed by atoms with Crippen molar-refractivity contribution < 1.29 is 14.4 Å². The van der Waals surface area contributed by atoms with Crippen LogP contribution in [0.15, 0.2) is 18.2 Å². The fourth-order valence-corrected chi connectivity index (χ4v) is 0.804. The third-order valence-electron chi connectivity index (χ3n) is 1.34. The molecule has 0 aliphatic heterocycles. The van der Waals surface area contributed by atoms with Gasteiger partial charge in [0.15, 0.2) is 0 Å². The van der Waals surface area contributed by atoms with Crippen LogP contribution in [-0.4, -0.2) is 10.0 Å². The second-order valence-electron chi connectivity index (χ2n) is 2.27. The molecule has 1 rings (SSSR count). The smallest absolute Gasteiger partial charge is 0.231 e. The Morgan fingerprint density at radius 1 is 1.58 bits per heavy atom. The molecule has 0 amide bonds. The second kappa shape index (κ2) is 3.17. The van der Waals surface area contributed by atoms with Crippen molar-refractivity contribution in [2.24, 2.45) is 0 Å². The molecule has 1 N–H and O–H groups in total. The van der Waals surface area contributed by atoms with Crippen molar-refractivity contribution in [3.8, 4) is 5.75 Å². The van der Waals surface area contributed by atoms with Gasteiger partial charge in [-0.3, -0.25) is 10.1 Å². The van der Waals surface area contributed by atoms with Gasteiger partial charge in [-0.15, -0.1) is 0 Å². The summed E-state index contributed by atoms with van der Waals surface area (Å²) in [5.74, 6) is -0.994. The van der Waals surface area contributed by atoms with E-state index >= 15 is 0 Å². The van der Waals surface area contributed by atoms with E-state index in [9.17, 15) is 14.5 Å². The van der Waals surface area contributed by atoms with Gasteiger partial charge in [0.2, 0.25) is 6.54 Å². The Morgan fingerprint density at radius 3 is 2.75 bits per heavy atom. The molecule has 12 heavy (non-hydrogen) atoms. The Kier molecular flexibility index (Phi) is 2.23. The normalized spacial score (nSPS) is 9.75. The summed E-state index contributed by atoms with van der Waals surface area (Å²) < 4.78 is 12.7. The van der Waals surface area contributed by atoms with Gasteiger partial charge in [0.25, 0.3) is 0 Å². The van der Waals surface area contributed by atoms with Crippen LogP contribution in [0.3, 0.4) is 0 Å². The summed E-state index contributed by atoms with van der Waals surface area (Å²) in [7, 11) is 0. The highest BCUT2D eigenvalue weighted by atomic mass is 19.1. The van der Waals surface area contributed by atoms with Gasteiger partial charge in [0.1, 0.15) is 11.6 Å². The third-order valence-corrected chi connectivity index (χ3v) is 1.34. The molecule has 0 aromatic heterocycles. The molecule has 0 saturated carbocycles. The second-order valence-corrected chi connectivity index (χ2v) is 2.27. The molecular weight excluding hydrogens is 165 g/mol. The van der Waals surface area contributed by atoms with Crippen molar-refractivity contribution in [2.45, 2.75) is 6.54 Å². The first-order valence-electron chi connectivity index (χ1n) is 3.19. The minimum Gasteiger partial charge on any atom is -0.508 e. The molecule has 0 radical (unpaired) electrons. The average Bonchev–Trinajstić information content (AvgIpc) is 1.94. The highest BCUT2D eigenvalue weighted by Gasteiger charge is 2.08. The molecule has 0 aliphatic rings. The quantitative estimate of drug-likeness (QED) is 0.539. The molecule has 4 nitrogen and oxygen atoms in total. The summed E-state index contributed by atoms with van der Waals surface area (Å²) in [6, 6.07) is 3.24. The van der Waals surface area contributed by atoms with E-state index in [2.05, 4.69) is 0 Å². The van der Waals surface area contributed by atoms with Gasteiger partial charge in [0, 0.05) is 11.0 Å². The van der Waals surface area contributed by atoms with E-state index in [0.29, 0.717) is 0 Å². The summed E-state index contributed by atoms with van der Waals surface area (Å²) in [5, 5.41) is 18.7. The van der Waals surface area contributed by atoms with Crippen LogP contribution in [-0.2, 0) is 6.54 Å². The first-order chi connectivity index (χ1) is 5.59. The van der Waals surface area contributed by atoms with Crippen LogP contribution >= 0.6 is 0 Å². The lowest BCUT2D eigenvalue weighted by Gasteiger charge is -1.97. The average molecular weight is 171 g/mol. The first-order valence-corrected chi connectivity index (χ1v) is 3.19. The molecule has 5 heteroatoms. The number of benzene rings is 1. The number of nitro groups is 1. The molecule has 1 aromatic carbocycles. The number of aromatic hydroxyl groups is 1. The lowest BCUT2D eigenvalue weighted by atomic mass is 10.2. The van der Waals surface area contributed by atoms with Gasteiger partial charge in [-0.2, -0.15) is 0 Å². The molecule has 0 fully saturated rings. The number of phenolic OH excluding ortho intramolecular Hbond substituents is 1. The lowest BCUT2D eigenvalue weighted by molar-refractivity contribution is -0.497. The number of hydrogen-bond acceptors (Lipinski definition) is 3. The van der Waals surface area contributed by atoms with Gasteiger partial charge >= 0.3 is 0 Å². The zero-order valence-electron chi connectivity index (χ0n) is 6.03. The summed E-state index contributed by atoms with van der Waals surface area (Å²) in [6.07, 6.45) is 0. The maximum absolute atomic E-state index is 12.7. The first kappa shape index (κ1) is 8.45. The molecule has 0 atom stereocenters. The van der Waals surface area contributed by atoms with Crippen molar-refractivity contribution in [1.29, 1.82) is 0 Å². The molecular formula is C7H6FNO3. The van der Waals surface area contributed by atoms with Crippen molar-refractivity contribution >= 4 is 0 Å². The van der Waals surface area contributed by atoms with Crippen molar-refractivity contribution in [2.75, 3.05) is 0 Å². The lowest BCUT2D eigenvalue weighted by Crippen LogP contribution is -2.00. The fraction of sp³-hybridized carbons (Fsp3) is 0.143. The SMILES string of the molecule is O=[N+]([O-])Cc1ccc(O)cc1F. The van der Waals surface area contributed by atoms with Crippen LogP contribution in [0.5, 0.6) is 5.75 Å². The molecule has 0 bridgehead atoms. The van der Waals surface area contributed by atoms with Gasteiger partial charge in [-0.1, -0.05) is 0 Å².